The molecule has 33 heavy (non-hydrogen) atoms. The van der Waals surface area contributed by atoms with Gasteiger partial charge in [-0.2, -0.15) is 0 Å². The van der Waals surface area contributed by atoms with Gasteiger partial charge in [-0.1, -0.05) is 80.6 Å². The van der Waals surface area contributed by atoms with Crippen molar-refractivity contribution in [1.82, 2.24) is 9.55 Å². The Morgan fingerprint density at radius 3 is 2.45 bits per heavy atom. The molecule has 0 fully saturated rings. The van der Waals surface area contributed by atoms with Crippen LogP contribution < -0.4 is 4.90 Å². The summed E-state index contributed by atoms with van der Waals surface area (Å²) in [7, 11) is 0. The normalized spacial score (nSPS) is 14.6. The first kappa shape index (κ1) is 21.2. The van der Waals surface area contributed by atoms with Crippen molar-refractivity contribution in [3.05, 3.63) is 102 Å². The summed E-state index contributed by atoms with van der Waals surface area (Å²) in [5, 5.41) is 0. The van der Waals surface area contributed by atoms with E-state index in [9.17, 15) is 4.79 Å². The number of benzene rings is 3. The SMILES string of the molecule is CC(C)CCn1c(CN2C(=O)/C(=C/Cc3ccccc3)c3ccccc32)nc2ccccc21. The van der Waals surface area contributed by atoms with E-state index in [1.165, 1.54) is 5.56 Å². The zero-order valence-electron chi connectivity index (χ0n) is 19.2. The van der Waals surface area contributed by atoms with Crippen LogP contribution in [0.5, 0.6) is 0 Å². The Hall–Kier alpha value is -3.66. The van der Waals surface area contributed by atoms with Crippen LogP contribution in [0, 0.1) is 5.92 Å². The molecule has 0 bridgehead atoms. The molecule has 0 atom stereocenters. The number of carbonyl (C=O) groups excluding carboxylic acids is 1. The fraction of sp³-hybridized carbons (Fsp3) is 0.241. The highest BCUT2D eigenvalue weighted by molar-refractivity contribution is 6.32. The van der Waals surface area contributed by atoms with Crippen LogP contribution in [0.4, 0.5) is 5.69 Å². The Kier molecular flexibility index (Phi) is 5.82. The quantitative estimate of drug-likeness (QED) is 0.322. The van der Waals surface area contributed by atoms with E-state index >= 15 is 0 Å². The Balaban J connectivity index is 1.50. The van der Waals surface area contributed by atoms with E-state index in [1.54, 1.807) is 0 Å². The van der Waals surface area contributed by atoms with Crippen molar-refractivity contribution in [1.29, 1.82) is 0 Å². The highest BCUT2D eigenvalue weighted by Crippen LogP contribution is 2.38. The maximum absolute atomic E-state index is 13.6. The third-order valence-electron chi connectivity index (χ3n) is 6.31. The molecular formula is C29H29N3O. The second-order valence-electron chi connectivity index (χ2n) is 9.07. The first-order valence-corrected chi connectivity index (χ1v) is 11.7. The highest BCUT2D eigenvalue weighted by Gasteiger charge is 2.33. The Bertz CT molecular complexity index is 1320. The van der Waals surface area contributed by atoms with E-state index in [0.717, 1.165) is 53.1 Å². The van der Waals surface area contributed by atoms with Crippen molar-refractivity contribution in [2.75, 3.05) is 4.90 Å². The monoisotopic (exact) mass is 435 g/mol. The average molecular weight is 436 g/mol. The van der Waals surface area contributed by atoms with Crippen molar-refractivity contribution < 1.29 is 4.79 Å². The second-order valence-corrected chi connectivity index (χ2v) is 9.07. The minimum Gasteiger partial charge on any atom is -0.326 e. The van der Waals surface area contributed by atoms with Crippen LogP contribution in [-0.4, -0.2) is 15.5 Å². The van der Waals surface area contributed by atoms with E-state index in [1.807, 2.05) is 53.4 Å². The lowest BCUT2D eigenvalue weighted by Gasteiger charge is -2.18. The number of hydrogen-bond acceptors (Lipinski definition) is 2. The van der Waals surface area contributed by atoms with Gasteiger partial charge in [0.15, 0.2) is 0 Å². The summed E-state index contributed by atoms with van der Waals surface area (Å²) in [5.74, 6) is 1.58. The van der Waals surface area contributed by atoms with E-state index in [4.69, 9.17) is 4.98 Å². The maximum Gasteiger partial charge on any atom is 0.259 e. The van der Waals surface area contributed by atoms with Gasteiger partial charge in [-0.3, -0.25) is 4.79 Å². The summed E-state index contributed by atoms with van der Waals surface area (Å²) in [5.41, 5.74) is 6.06. The number of aromatic nitrogens is 2. The number of fused-ring (bicyclic) bond motifs is 2. The first-order valence-electron chi connectivity index (χ1n) is 11.7. The molecule has 0 saturated carbocycles. The molecule has 1 aliphatic rings. The third-order valence-corrected chi connectivity index (χ3v) is 6.31. The first-order chi connectivity index (χ1) is 16.1. The Morgan fingerprint density at radius 2 is 1.64 bits per heavy atom. The number of aryl methyl sites for hydroxylation is 1. The van der Waals surface area contributed by atoms with Gasteiger partial charge in [-0.25, -0.2) is 4.98 Å². The van der Waals surface area contributed by atoms with Crippen LogP contribution >= 0.6 is 0 Å². The largest absolute Gasteiger partial charge is 0.326 e. The summed E-state index contributed by atoms with van der Waals surface area (Å²) in [6, 6.07) is 26.6. The number of para-hydroxylation sites is 3. The third kappa shape index (κ3) is 4.21. The lowest BCUT2D eigenvalue weighted by molar-refractivity contribution is -0.113. The minimum atomic E-state index is 0.0506. The summed E-state index contributed by atoms with van der Waals surface area (Å²) >= 11 is 0. The highest BCUT2D eigenvalue weighted by atomic mass is 16.2. The van der Waals surface area contributed by atoms with E-state index < -0.39 is 0 Å². The zero-order chi connectivity index (χ0) is 22.8. The number of rotatable bonds is 7. The summed E-state index contributed by atoms with van der Waals surface area (Å²) < 4.78 is 2.29. The molecular weight excluding hydrogens is 406 g/mol. The molecule has 4 heteroatoms. The number of imidazole rings is 1. The molecule has 0 N–H and O–H groups in total. The number of nitrogens with zero attached hydrogens (tertiary/aromatic N) is 3. The number of hydrogen-bond donors (Lipinski definition) is 0. The van der Waals surface area contributed by atoms with Crippen LogP contribution in [-0.2, 0) is 24.3 Å². The fourth-order valence-corrected chi connectivity index (χ4v) is 4.52. The van der Waals surface area contributed by atoms with Crippen molar-refractivity contribution in [2.45, 2.75) is 39.8 Å². The number of carbonyl (C=O) groups is 1. The second kappa shape index (κ2) is 9.07. The van der Waals surface area contributed by atoms with Crippen LogP contribution in [0.15, 0.2) is 84.9 Å². The average Bonchev–Trinajstić information content (AvgIpc) is 3.31. The van der Waals surface area contributed by atoms with Crippen LogP contribution in [0.2, 0.25) is 0 Å². The molecule has 0 radical (unpaired) electrons. The predicted molar refractivity (Wildman–Crippen MR) is 135 cm³/mol. The van der Waals surface area contributed by atoms with Gasteiger partial charge in [0.2, 0.25) is 0 Å². The molecule has 0 spiro atoms. The van der Waals surface area contributed by atoms with Crippen LogP contribution in [0.3, 0.4) is 0 Å². The molecule has 0 unspecified atom stereocenters. The molecule has 0 saturated heterocycles. The van der Waals surface area contributed by atoms with Gasteiger partial charge in [0, 0.05) is 17.7 Å². The topological polar surface area (TPSA) is 38.1 Å². The van der Waals surface area contributed by atoms with Gasteiger partial charge in [0.05, 0.1) is 23.3 Å². The van der Waals surface area contributed by atoms with Gasteiger partial charge in [-0.15, -0.1) is 0 Å². The number of anilines is 1. The summed E-state index contributed by atoms with van der Waals surface area (Å²) in [4.78, 5) is 20.4. The minimum absolute atomic E-state index is 0.0506. The summed E-state index contributed by atoms with van der Waals surface area (Å²) in [6.07, 6.45) is 3.87. The molecule has 0 aliphatic carbocycles. The molecule has 2 heterocycles. The molecule has 4 nitrogen and oxygen atoms in total. The Labute approximate surface area is 195 Å². The molecule has 3 aromatic carbocycles. The molecule has 1 aromatic heterocycles. The lowest BCUT2D eigenvalue weighted by atomic mass is 10.0. The predicted octanol–water partition coefficient (Wildman–Crippen LogP) is 6.26. The Morgan fingerprint density at radius 1 is 0.909 bits per heavy atom. The van der Waals surface area contributed by atoms with Crippen molar-refractivity contribution in [3.8, 4) is 0 Å². The van der Waals surface area contributed by atoms with Gasteiger partial charge < -0.3 is 9.47 Å². The van der Waals surface area contributed by atoms with Gasteiger partial charge >= 0.3 is 0 Å². The van der Waals surface area contributed by atoms with Gasteiger partial charge in [0.25, 0.3) is 5.91 Å². The molecule has 1 aliphatic heterocycles. The van der Waals surface area contributed by atoms with E-state index in [0.29, 0.717) is 12.5 Å². The zero-order valence-corrected chi connectivity index (χ0v) is 19.2. The molecule has 5 rings (SSSR count). The van der Waals surface area contributed by atoms with Gasteiger partial charge in [-0.05, 0) is 42.5 Å². The van der Waals surface area contributed by atoms with Crippen molar-refractivity contribution in [3.63, 3.8) is 0 Å². The lowest BCUT2D eigenvalue weighted by Crippen LogP contribution is -2.27. The van der Waals surface area contributed by atoms with E-state index in [-0.39, 0.29) is 5.91 Å². The number of allylic oxidation sites excluding steroid dienone is 1. The fourth-order valence-electron chi connectivity index (χ4n) is 4.52. The maximum atomic E-state index is 13.6. The standard InChI is InChI=1S/C29H29N3O/c1-21(2)18-19-31-27-15-9-7-13-25(27)30-28(31)20-32-26-14-8-6-12-23(26)24(29(32)33)17-16-22-10-4-3-5-11-22/h3-15,17,21H,16,18-20H2,1-2H3/b24-17+. The molecule has 166 valence electrons. The van der Waals surface area contributed by atoms with Crippen molar-refractivity contribution in [2.24, 2.45) is 5.92 Å². The number of amides is 1. The summed E-state index contributed by atoms with van der Waals surface area (Å²) in [6.45, 7) is 5.84. The van der Waals surface area contributed by atoms with Crippen molar-refractivity contribution >= 4 is 28.2 Å². The van der Waals surface area contributed by atoms with Crippen LogP contribution in [0.25, 0.3) is 16.6 Å². The smallest absolute Gasteiger partial charge is 0.259 e. The van der Waals surface area contributed by atoms with Crippen LogP contribution in [0.1, 0.15) is 37.2 Å². The van der Waals surface area contributed by atoms with E-state index in [2.05, 4.69) is 54.8 Å². The van der Waals surface area contributed by atoms with Gasteiger partial charge in [0.1, 0.15) is 5.82 Å². The molecule has 4 aromatic rings. The molecule has 1 amide bonds.